The van der Waals surface area contributed by atoms with Crippen molar-refractivity contribution in [2.24, 2.45) is 7.05 Å². The number of rotatable bonds is 5. The summed E-state index contributed by atoms with van der Waals surface area (Å²) in [6.07, 6.45) is 1.68. The van der Waals surface area contributed by atoms with Crippen molar-refractivity contribution < 1.29 is 9.50 Å². The average Bonchev–Trinajstić information content (AvgIpc) is 2.65. The van der Waals surface area contributed by atoms with Gasteiger partial charge < -0.3 is 5.11 Å². The van der Waals surface area contributed by atoms with Crippen LogP contribution in [-0.2, 0) is 26.3 Å². The summed E-state index contributed by atoms with van der Waals surface area (Å²) in [7, 11) is 1.87. The van der Waals surface area contributed by atoms with Gasteiger partial charge in [-0.1, -0.05) is 19.1 Å². The summed E-state index contributed by atoms with van der Waals surface area (Å²) in [5.41, 5.74) is 1.76. The first-order valence-electron chi connectivity index (χ1n) is 6.99. The third-order valence-electron chi connectivity index (χ3n) is 3.53. The Hall–Kier alpha value is -1.20. The van der Waals surface area contributed by atoms with Gasteiger partial charge in [-0.05, 0) is 47.0 Å². The molecule has 0 bridgehead atoms. The number of hydrogen-bond donors (Lipinski definition) is 1. The van der Waals surface area contributed by atoms with Gasteiger partial charge >= 0.3 is 0 Å². The second-order valence-corrected chi connectivity index (χ2v) is 6.46. The highest BCUT2D eigenvalue weighted by Crippen LogP contribution is 2.27. The molecule has 21 heavy (non-hydrogen) atoms. The first-order chi connectivity index (χ1) is 9.82. The Morgan fingerprint density at radius 2 is 2.10 bits per heavy atom. The summed E-state index contributed by atoms with van der Waals surface area (Å²) < 4.78 is 16.0. The number of benzene rings is 1. The molecule has 1 aromatic heterocycles. The predicted molar refractivity (Wildman–Crippen MR) is 84.7 cm³/mol. The van der Waals surface area contributed by atoms with Crippen molar-refractivity contribution in [3.05, 3.63) is 51.5 Å². The molecule has 0 aliphatic carbocycles. The van der Waals surface area contributed by atoms with E-state index in [-0.39, 0.29) is 5.82 Å². The van der Waals surface area contributed by atoms with Crippen molar-refractivity contribution in [3.8, 4) is 0 Å². The van der Waals surface area contributed by atoms with Gasteiger partial charge in [-0.3, -0.25) is 4.68 Å². The van der Waals surface area contributed by atoms with Gasteiger partial charge in [-0.15, -0.1) is 0 Å². The second-order valence-electron chi connectivity index (χ2n) is 5.66. The molecule has 1 unspecified atom stereocenters. The van der Waals surface area contributed by atoms with Crippen molar-refractivity contribution >= 4 is 15.9 Å². The number of aryl methyl sites for hydroxylation is 2. The maximum absolute atomic E-state index is 13.2. The van der Waals surface area contributed by atoms with Crippen molar-refractivity contribution in [2.75, 3.05) is 0 Å². The topological polar surface area (TPSA) is 38.0 Å². The Bertz CT molecular complexity index is 637. The van der Waals surface area contributed by atoms with E-state index < -0.39 is 5.60 Å². The fourth-order valence-electron chi connectivity index (χ4n) is 2.52. The zero-order valence-corrected chi connectivity index (χ0v) is 14.1. The largest absolute Gasteiger partial charge is 0.389 e. The van der Waals surface area contributed by atoms with E-state index in [1.807, 2.05) is 20.0 Å². The summed E-state index contributed by atoms with van der Waals surface area (Å²) >= 11 is 3.56. The van der Waals surface area contributed by atoms with Crippen LogP contribution in [0.15, 0.2) is 28.7 Å². The molecule has 114 valence electrons. The van der Waals surface area contributed by atoms with Crippen LogP contribution in [0.1, 0.15) is 30.8 Å². The van der Waals surface area contributed by atoms with Crippen LogP contribution in [-0.4, -0.2) is 20.5 Å². The Morgan fingerprint density at radius 1 is 1.38 bits per heavy atom. The lowest BCUT2D eigenvalue weighted by atomic mass is 9.91. The van der Waals surface area contributed by atoms with Crippen LogP contribution >= 0.6 is 15.9 Å². The van der Waals surface area contributed by atoms with Gasteiger partial charge in [0.1, 0.15) is 5.82 Å². The fraction of sp³-hybridized carbons (Fsp3) is 0.438. The number of halogens is 2. The van der Waals surface area contributed by atoms with Gasteiger partial charge in [-0.25, -0.2) is 4.39 Å². The highest BCUT2D eigenvalue weighted by Gasteiger charge is 2.26. The molecule has 0 spiro atoms. The predicted octanol–water partition coefficient (Wildman–Crippen LogP) is 3.42. The second kappa shape index (κ2) is 6.28. The van der Waals surface area contributed by atoms with Crippen LogP contribution in [0.25, 0.3) is 0 Å². The van der Waals surface area contributed by atoms with Crippen molar-refractivity contribution in [1.82, 2.24) is 9.78 Å². The maximum Gasteiger partial charge on any atom is 0.123 e. The highest BCUT2D eigenvalue weighted by atomic mass is 79.9. The zero-order chi connectivity index (χ0) is 15.6. The number of aromatic nitrogens is 2. The molecular formula is C16H20BrFN2O. The summed E-state index contributed by atoms with van der Waals surface area (Å²) in [6.45, 7) is 3.81. The van der Waals surface area contributed by atoms with Crippen LogP contribution in [0.5, 0.6) is 0 Å². The lowest BCUT2D eigenvalue weighted by molar-refractivity contribution is 0.0586. The molecule has 2 aromatic rings. The lowest BCUT2D eigenvalue weighted by Gasteiger charge is -2.23. The molecule has 3 nitrogen and oxygen atoms in total. The van der Waals surface area contributed by atoms with Gasteiger partial charge in [0.05, 0.1) is 21.5 Å². The van der Waals surface area contributed by atoms with Crippen LogP contribution in [0.2, 0.25) is 0 Å². The summed E-state index contributed by atoms with van der Waals surface area (Å²) in [4.78, 5) is 0. The number of hydrogen-bond acceptors (Lipinski definition) is 2. The Labute approximate surface area is 132 Å². The summed E-state index contributed by atoms with van der Waals surface area (Å²) in [6, 6.07) is 6.36. The molecule has 0 amide bonds. The van der Waals surface area contributed by atoms with Crippen molar-refractivity contribution in [1.29, 1.82) is 0 Å². The van der Waals surface area contributed by atoms with E-state index in [0.29, 0.717) is 12.8 Å². The van der Waals surface area contributed by atoms with E-state index in [9.17, 15) is 9.50 Å². The molecule has 5 heteroatoms. The summed E-state index contributed by atoms with van der Waals surface area (Å²) in [5.74, 6) is -0.279. The SMILES string of the molecule is CCc1nn(C)c(CC(C)(O)Cc2cccc(F)c2)c1Br. The number of nitrogens with zero attached hydrogens (tertiary/aromatic N) is 2. The van der Waals surface area contributed by atoms with E-state index in [0.717, 1.165) is 27.8 Å². The smallest absolute Gasteiger partial charge is 0.123 e. The maximum atomic E-state index is 13.2. The highest BCUT2D eigenvalue weighted by molar-refractivity contribution is 9.10. The molecule has 0 saturated carbocycles. The van der Waals surface area contributed by atoms with Crippen molar-refractivity contribution in [3.63, 3.8) is 0 Å². The molecule has 0 saturated heterocycles. The van der Waals surface area contributed by atoms with E-state index in [1.165, 1.54) is 12.1 Å². The van der Waals surface area contributed by atoms with Crippen LogP contribution in [0.4, 0.5) is 4.39 Å². The molecular weight excluding hydrogens is 335 g/mol. The quantitative estimate of drug-likeness (QED) is 0.893. The standard InChI is InChI=1S/C16H20BrFN2O/c1-4-13-15(17)14(20(3)19-13)10-16(2,21)9-11-6-5-7-12(18)8-11/h5-8,21H,4,9-10H2,1-3H3. The first-order valence-corrected chi connectivity index (χ1v) is 7.79. The van der Waals surface area contributed by atoms with E-state index in [1.54, 1.807) is 17.7 Å². The molecule has 0 aliphatic heterocycles. The Kier molecular flexibility index (Phi) is 4.84. The monoisotopic (exact) mass is 354 g/mol. The average molecular weight is 355 g/mol. The van der Waals surface area contributed by atoms with Crippen LogP contribution < -0.4 is 0 Å². The minimum atomic E-state index is -0.963. The molecule has 0 aliphatic rings. The lowest BCUT2D eigenvalue weighted by Crippen LogP contribution is -2.31. The van der Waals surface area contributed by atoms with E-state index in [2.05, 4.69) is 21.0 Å². The minimum Gasteiger partial charge on any atom is -0.389 e. The molecule has 0 fully saturated rings. The Balaban J connectivity index is 2.19. The van der Waals surface area contributed by atoms with Gasteiger partial charge in [-0.2, -0.15) is 5.10 Å². The van der Waals surface area contributed by atoms with Gasteiger partial charge in [0.15, 0.2) is 0 Å². The fourth-order valence-corrected chi connectivity index (χ4v) is 3.28. The molecule has 1 atom stereocenters. The van der Waals surface area contributed by atoms with Gasteiger partial charge in [0, 0.05) is 19.9 Å². The van der Waals surface area contributed by atoms with E-state index in [4.69, 9.17) is 0 Å². The molecule has 0 radical (unpaired) electrons. The third-order valence-corrected chi connectivity index (χ3v) is 4.44. The Morgan fingerprint density at radius 3 is 2.67 bits per heavy atom. The molecule has 2 rings (SSSR count). The normalized spacial score (nSPS) is 14.2. The molecule has 1 heterocycles. The third kappa shape index (κ3) is 3.92. The molecule has 1 aromatic carbocycles. The zero-order valence-electron chi connectivity index (χ0n) is 12.5. The molecule has 1 N–H and O–H groups in total. The summed E-state index contributed by atoms with van der Waals surface area (Å²) in [5, 5.41) is 15.1. The minimum absolute atomic E-state index is 0.279. The van der Waals surface area contributed by atoms with Gasteiger partial charge in [0.25, 0.3) is 0 Å². The van der Waals surface area contributed by atoms with Gasteiger partial charge in [0.2, 0.25) is 0 Å². The van der Waals surface area contributed by atoms with Crippen LogP contribution in [0, 0.1) is 5.82 Å². The van der Waals surface area contributed by atoms with Crippen molar-refractivity contribution in [2.45, 2.75) is 38.7 Å². The van der Waals surface area contributed by atoms with E-state index >= 15 is 0 Å². The number of aliphatic hydroxyl groups is 1. The van der Waals surface area contributed by atoms with Crippen LogP contribution in [0.3, 0.4) is 0 Å². The first kappa shape index (κ1) is 16.2.